The predicted molar refractivity (Wildman–Crippen MR) is 126 cm³/mol. The molecule has 0 atom stereocenters. The van der Waals surface area contributed by atoms with Gasteiger partial charge in [0.15, 0.2) is 35.8 Å². The third kappa shape index (κ3) is 3.09. The minimum absolute atomic E-state index is 0.725. The fraction of sp³-hybridized carbons (Fsp3) is 0.185. The van der Waals surface area contributed by atoms with Crippen LogP contribution in [0, 0.1) is 6.92 Å². The molecule has 0 amide bonds. The highest BCUT2D eigenvalue weighted by Gasteiger charge is 2.19. The van der Waals surface area contributed by atoms with Crippen molar-refractivity contribution >= 4 is 27.1 Å². The lowest BCUT2D eigenvalue weighted by Crippen LogP contribution is -2.26. The van der Waals surface area contributed by atoms with Crippen LogP contribution in [0.4, 0.5) is 0 Å². The zero-order chi connectivity index (χ0) is 22.4. The second-order valence-corrected chi connectivity index (χ2v) is 7.99. The Labute approximate surface area is 187 Å². The second kappa shape index (κ2) is 7.68. The van der Waals surface area contributed by atoms with Crippen LogP contribution >= 0.6 is 0 Å². The SMILES string of the molecule is COc1cc2cc3c4cc(-c5cc[n+](C)cc5)c(OC)cc4cc[n+]3c(C)c2cc1OC. The molecular weight excluding hydrogens is 400 g/mol. The molecule has 2 aromatic carbocycles. The summed E-state index contributed by atoms with van der Waals surface area (Å²) in [5.41, 5.74) is 4.46. The smallest absolute Gasteiger partial charge is 0.219 e. The number of benzene rings is 2. The highest BCUT2D eigenvalue weighted by Crippen LogP contribution is 2.37. The van der Waals surface area contributed by atoms with Crippen LogP contribution in [0.5, 0.6) is 17.2 Å². The summed E-state index contributed by atoms with van der Waals surface area (Å²) in [6.07, 6.45) is 6.22. The minimum Gasteiger partial charge on any atom is -0.496 e. The molecule has 32 heavy (non-hydrogen) atoms. The van der Waals surface area contributed by atoms with Crippen LogP contribution in [-0.2, 0) is 7.05 Å². The van der Waals surface area contributed by atoms with Crippen LogP contribution in [0.15, 0.2) is 67.1 Å². The van der Waals surface area contributed by atoms with Crippen molar-refractivity contribution in [2.45, 2.75) is 6.92 Å². The van der Waals surface area contributed by atoms with Crippen LogP contribution in [0.1, 0.15) is 5.69 Å². The first-order valence-corrected chi connectivity index (χ1v) is 10.5. The summed E-state index contributed by atoms with van der Waals surface area (Å²) in [6.45, 7) is 2.13. The molecule has 0 N–H and O–H groups in total. The number of hydrogen-bond acceptors (Lipinski definition) is 3. The lowest BCUT2D eigenvalue weighted by molar-refractivity contribution is -0.671. The Morgan fingerprint density at radius 1 is 0.656 bits per heavy atom. The van der Waals surface area contributed by atoms with Gasteiger partial charge in [-0.2, -0.15) is 4.40 Å². The lowest BCUT2D eigenvalue weighted by atomic mass is 9.99. The van der Waals surface area contributed by atoms with Gasteiger partial charge < -0.3 is 14.2 Å². The Bertz CT molecular complexity index is 1490. The number of hydrogen-bond donors (Lipinski definition) is 0. The molecule has 0 saturated heterocycles. The van der Waals surface area contributed by atoms with E-state index in [1.807, 2.05) is 36.1 Å². The fourth-order valence-electron chi connectivity index (χ4n) is 4.44. The molecule has 160 valence electrons. The van der Waals surface area contributed by atoms with Gasteiger partial charge >= 0.3 is 0 Å². The van der Waals surface area contributed by atoms with Crippen LogP contribution < -0.4 is 23.2 Å². The van der Waals surface area contributed by atoms with Crippen molar-refractivity contribution in [3.05, 3.63) is 72.8 Å². The zero-order valence-corrected chi connectivity index (χ0v) is 19.0. The number of methoxy groups -OCH3 is 3. The van der Waals surface area contributed by atoms with Gasteiger partial charge in [-0.25, -0.2) is 4.57 Å². The maximum Gasteiger partial charge on any atom is 0.219 e. The van der Waals surface area contributed by atoms with Crippen molar-refractivity contribution in [2.24, 2.45) is 7.05 Å². The van der Waals surface area contributed by atoms with Gasteiger partial charge in [-0.3, -0.25) is 0 Å². The molecule has 5 heteroatoms. The lowest BCUT2D eigenvalue weighted by Gasteiger charge is -2.12. The van der Waals surface area contributed by atoms with E-state index in [0.29, 0.717) is 0 Å². The highest BCUT2D eigenvalue weighted by atomic mass is 16.5. The Balaban J connectivity index is 1.86. The van der Waals surface area contributed by atoms with Gasteiger partial charge in [-0.1, -0.05) is 0 Å². The van der Waals surface area contributed by atoms with Gasteiger partial charge in [-0.05, 0) is 40.6 Å². The standard InChI is InChI=1S/C27H26N2O3/c1-17-21-16-27(32-5)26(31-4)14-20(21)12-24-22-15-23(18-6-9-28(2)10-7-18)25(30-3)13-19(22)8-11-29(17)24/h6-16H,1-5H3/q+2. The molecule has 0 radical (unpaired) electrons. The van der Waals surface area contributed by atoms with Crippen LogP contribution in [-0.4, -0.2) is 21.3 Å². The molecule has 3 heterocycles. The second-order valence-electron chi connectivity index (χ2n) is 7.99. The predicted octanol–water partition coefficient (Wildman–Crippen LogP) is 4.56. The summed E-state index contributed by atoms with van der Waals surface area (Å²) in [5, 5.41) is 4.53. The molecule has 0 bridgehead atoms. The number of fused-ring (bicyclic) bond motifs is 4. The van der Waals surface area contributed by atoms with Crippen LogP contribution in [0.3, 0.4) is 0 Å². The van der Waals surface area contributed by atoms with E-state index in [0.717, 1.165) is 61.1 Å². The molecule has 5 nitrogen and oxygen atoms in total. The van der Waals surface area contributed by atoms with E-state index in [2.05, 4.69) is 53.9 Å². The van der Waals surface area contributed by atoms with Gasteiger partial charge in [0.05, 0.1) is 32.1 Å². The van der Waals surface area contributed by atoms with Crippen molar-refractivity contribution < 1.29 is 23.2 Å². The number of ether oxygens (including phenoxy) is 3. The van der Waals surface area contributed by atoms with Crippen molar-refractivity contribution in [1.29, 1.82) is 0 Å². The maximum absolute atomic E-state index is 5.76. The number of aryl methyl sites for hydroxylation is 2. The molecule has 0 saturated carbocycles. The van der Waals surface area contributed by atoms with Crippen molar-refractivity contribution in [3.63, 3.8) is 0 Å². The van der Waals surface area contributed by atoms with Crippen molar-refractivity contribution in [2.75, 3.05) is 21.3 Å². The molecule has 0 aliphatic heterocycles. The normalized spacial score (nSPS) is 11.3. The van der Waals surface area contributed by atoms with Crippen LogP contribution in [0.2, 0.25) is 0 Å². The topological polar surface area (TPSA) is 35.7 Å². The van der Waals surface area contributed by atoms with Gasteiger partial charge in [0, 0.05) is 36.8 Å². The monoisotopic (exact) mass is 426 g/mol. The molecule has 0 aliphatic rings. The van der Waals surface area contributed by atoms with E-state index in [9.17, 15) is 0 Å². The van der Waals surface area contributed by atoms with Crippen molar-refractivity contribution in [3.8, 4) is 28.4 Å². The molecular formula is C27H26N2O3+2. The van der Waals surface area contributed by atoms with E-state index < -0.39 is 0 Å². The third-order valence-electron chi connectivity index (χ3n) is 6.20. The van der Waals surface area contributed by atoms with Crippen LogP contribution in [0.25, 0.3) is 38.2 Å². The average Bonchev–Trinajstić information content (AvgIpc) is 2.83. The van der Waals surface area contributed by atoms with Gasteiger partial charge in [0.1, 0.15) is 12.8 Å². The van der Waals surface area contributed by atoms with E-state index in [1.165, 1.54) is 0 Å². The average molecular weight is 427 g/mol. The maximum atomic E-state index is 5.76. The highest BCUT2D eigenvalue weighted by molar-refractivity contribution is 6.01. The molecule has 0 unspecified atom stereocenters. The first-order chi connectivity index (χ1) is 15.5. The largest absolute Gasteiger partial charge is 0.496 e. The Morgan fingerprint density at radius 3 is 2.00 bits per heavy atom. The number of rotatable bonds is 4. The summed E-state index contributed by atoms with van der Waals surface area (Å²) >= 11 is 0. The summed E-state index contributed by atoms with van der Waals surface area (Å²) in [4.78, 5) is 0. The van der Waals surface area contributed by atoms with E-state index >= 15 is 0 Å². The number of aromatic nitrogens is 2. The zero-order valence-electron chi connectivity index (χ0n) is 19.0. The molecule has 0 fully saturated rings. The third-order valence-corrected chi connectivity index (χ3v) is 6.20. The number of pyridine rings is 3. The Hall–Kier alpha value is -3.86. The van der Waals surface area contributed by atoms with E-state index in [4.69, 9.17) is 14.2 Å². The van der Waals surface area contributed by atoms with Gasteiger partial charge in [-0.15, -0.1) is 0 Å². The van der Waals surface area contributed by atoms with Gasteiger partial charge in [0.25, 0.3) is 0 Å². The molecule has 5 rings (SSSR count). The molecule has 5 aromatic rings. The Kier molecular flexibility index (Phi) is 4.82. The van der Waals surface area contributed by atoms with E-state index in [1.54, 1.807) is 21.3 Å². The summed E-state index contributed by atoms with van der Waals surface area (Å²) < 4.78 is 21.1. The minimum atomic E-state index is 0.725. The Morgan fingerprint density at radius 2 is 1.31 bits per heavy atom. The van der Waals surface area contributed by atoms with E-state index in [-0.39, 0.29) is 0 Å². The molecule has 0 spiro atoms. The van der Waals surface area contributed by atoms with Gasteiger partial charge in [0.2, 0.25) is 5.52 Å². The summed E-state index contributed by atoms with van der Waals surface area (Å²) in [7, 11) is 7.07. The number of nitrogens with zero attached hydrogens (tertiary/aromatic N) is 2. The quantitative estimate of drug-likeness (QED) is 0.240. The molecule has 3 aromatic heterocycles. The summed E-state index contributed by atoms with van der Waals surface area (Å²) in [6, 6.07) is 17.0. The van der Waals surface area contributed by atoms with Crippen molar-refractivity contribution in [1.82, 2.24) is 0 Å². The first-order valence-electron chi connectivity index (χ1n) is 10.5. The molecule has 0 aliphatic carbocycles. The first kappa shape index (κ1) is 20.1. The fourth-order valence-corrected chi connectivity index (χ4v) is 4.44. The summed E-state index contributed by atoms with van der Waals surface area (Å²) in [5.74, 6) is 2.32.